The maximum absolute atomic E-state index is 3.36. The largest absolute Gasteiger partial charge is 0.385 e. The van der Waals surface area contributed by atoms with Gasteiger partial charge in [-0.15, -0.1) is 0 Å². The van der Waals surface area contributed by atoms with E-state index in [1.165, 1.54) is 11.3 Å². The Labute approximate surface area is 107 Å². The van der Waals surface area contributed by atoms with Gasteiger partial charge < -0.3 is 5.32 Å². The first-order chi connectivity index (χ1) is 7.60. The first kappa shape index (κ1) is 13.1. The lowest BCUT2D eigenvalue weighted by Gasteiger charge is -2.18. The fourth-order valence-electron chi connectivity index (χ4n) is 1.46. The van der Waals surface area contributed by atoms with E-state index in [1.807, 2.05) is 0 Å². The molecule has 0 aromatic heterocycles. The van der Waals surface area contributed by atoms with Crippen LogP contribution in [0.5, 0.6) is 0 Å². The molecule has 0 bridgehead atoms. The molecule has 1 rings (SSSR count). The van der Waals surface area contributed by atoms with E-state index in [9.17, 15) is 0 Å². The summed E-state index contributed by atoms with van der Waals surface area (Å²) in [6, 6.07) is 8.50. The average molecular weight is 280 g/mol. The number of anilines is 1. The number of halogens is 1. The van der Waals surface area contributed by atoms with E-state index in [1.54, 1.807) is 0 Å². The second kappa shape index (κ2) is 5.96. The topological polar surface area (TPSA) is 12.0 Å². The number of rotatable bonds is 4. The first-order valence-corrected chi connectivity index (χ1v) is 6.36. The van der Waals surface area contributed by atoms with Crippen molar-refractivity contribution in [2.24, 2.45) is 0 Å². The van der Waals surface area contributed by atoms with Gasteiger partial charge in [-0.05, 0) is 42.8 Å². The zero-order valence-corrected chi connectivity index (χ0v) is 11.7. The lowest BCUT2D eigenvalue weighted by molar-refractivity contribution is 0.699. The predicted octanol–water partition coefficient (Wildman–Crippen LogP) is 4.14. The second-order valence-electron chi connectivity index (χ2n) is 4.35. The van der Waals surface area contributed by atoms with Gasteiger partial charge in [0.25, 0.3) is 0 Å². The molecule has 1 N–H and O–H groups in total. The van der Waals surface area contributed by atoms with Crippen molar-refractivity contribution in [3.8, 4) is 10.8 Å². The molecule has 0 aliphatic heterocycles. The molecule has 0 aliphatic carbocycles. The normalized spacial score (nSPS) is 10.5. The van der Waals surface area contributed by atoms with Crippen molar-refractivity contribution in [2.45, 2.75) is 32.6 Å². The zero-order chi connectivity index (χ0) is 12.0. The van der Waals surface area contributed by atoms with Crippen LogP contribution in [0.4, 0.5) is 5.69 Å². The summed E-state index contributed by atoms with van der Waals surface area (Å²) in [6.45, 7) is 7.42. The Kier molecular flexibility index (Phi) is 4.89. The molecule has 0 fully saturated rings. The van der Waals surface area contributed by atoms with E-state index >= 15 is 0 Å². The maximum atomic E-state index is 3.36. The minimum absolute atomic E-state index is 0.104. The van der Waals surface area contributed by atoms with Gasteiger partial charge in [0.05, 0.1) is 5.41 Å². The van der Waals surface area contributed by atoms with Crippen molar-refractivity contribution in [3.05, 3.63) is 29.8 Å². The average Bonchev–Trinajstić information content (AvgIpc) is 2.27. The summed E-state index contributed by atoms with van der Waals surface area (Å²) in [7, 11) is 0. The molecule has 0 radical (unpaired) electrons. The summed E-state index contributed by atoms with van der Waals surface area (Å²) >= 11 is 3.16. The third-order valence-corrected chi connectivity index (χ3v) is 2.74. The summed E-state index contributed by atoms with van der Waals surface area (Å²) < 4.78 is 0. The van der Waals surface area contributed by atoms with Gasteiger partial charge in [0, 0.05) is 28.2 Å². The van der Waals surface area contributed by atoms with E-state index in [4.69, 9.17) is 0 Å². The van der Waals surface area contributed by atoms with Crippen LogP contribution in [0.25, 0.3) is 0 Å². The van der Waals surface area contributed by atoms with E-state index in [0.29, 0.717) is 0 Å². The number of hydrogen-bond acceptors (Lipinski definition) is 1. The molecule has 0 heterocycles. The highest BCUT2D eigenvalue weighted by Gasteiger charge is 2.16. The first-order valence-electron chi connectivity index (χ1n) is 5.57. The molecule has 0 atom stereocenters. The van der Waals surface area contributed by atoms with Crippen molar-refractivity contribution in [3.63, 3.8) is 0 Å². The molecule has 2 heteroatoms. The van der Waals surface area contributed by atoms with Crippen LogP contribution in [0.15, 0.2) is 24.3 Å². The van der Waals surface area contributed by atoms with Gasteiger partial charge in [-0.25, -0.2) is 0 Å². The van der Waals surface area contributed by atoms with E-state index in [2.05, 4.69) is 77.0 Å². The summed E-state index contributed by atoms with van der Waals surface area (Å²) in [6.07, 6.45) is 1.14. The van der Waals surface area contributed by atoms with Crippen molar-refractivity contribution in [1.82, 2.24) is 0 Å². The van der Waals surface area contributed by atoms with Crippen LogP contribution >= 0.6 is 15.9 Å². The molecule has 0 unspecified atom stereocenters. The van der Waals surface area contributed by atoms with E-state index < -0.39 is 0 Å². The van der Waals surface area contributed by atoms with Crippen molar-refractivity contribution >= 4 is 21.6 Å². The Hall–Kier alpha value is -0.940. The van der Waals surface area contributed by atoms with Crippen LogP contribution in [0.1, 0.15) is 32.8 Å². The second-order valence-corrected chi connectivity index (χ2v) is 4.75. The molecular formula is C14H18BrN. The fraction of sp³-hybridized carbons (Fsp3) is 0.429. The number of hydrogen-bond donors (Lipinski definition) is 1. The lowest BCUT2D eigenvalue weighted by Crippen LogP contribution is -2.13. The molecule has 1 aromatic carbocycles. The minimum Gasteiger partial charge on any atom is -0.385 e. The summed E-state index contributed by atoms with van der Waals surface area (Å²) in [5.74, 6) is 3.15. The van der Waals surface area contributed by atoms with Gasteiger partial charge in [-0.3, -0.25) is 0 Å². The smallest absolute Gasteiger partial charge is 0.0515 e. The SMILES string of the molecule is CCCNc1ccc(C(C)(C)C#CBr)cc1. The monoisotopic (exact) mass is 279 g/mol. The predicted molar refractivity (Wildman–Crippen MR) is 75.0 cm³/mol. The van der Waals surface area contributed by atoms with Crippen LogP contribution < -0.4 is 5.32 Å². The lowest BCUT2D eigenvalue weighted by atomic mass is 9.86. The van der Waals surface area contributed by atoms with Gasteiger partial charge in [0.15, 0.2) is 0 Å². The van der Waals surface area contributed by atoms with Crippen molar-refractivity contribution in [2.75, 3.05) is 11.9 Å². The van der Waals surface area contributed by atoms with Crippen LogP contribution in [-0.4, -0.2) is 6.54 Å². The highest BCUT2D eigenvalue weighted by molar-refractivity contribution is 9.12. The quantitative estimate of drug-likeness (QED) is 0.817. The molecule has 0 aliphatic rings. The van der Waals surface area contributed by atoms with Crippen LogP contribution in [0, 0.1) is 10.8 Å². The standard InChI is InChI=1S/C14H18BrN/c1-4-11-16-13-7-5-12(6-8-13)14(2,3)9-10-15/h5-8,16H,4,11H2,1-3H3. The van der Waals surface area contributed by atoms with Gasteiger partial charge in [-0.2, -0.15) is 0 Å². The maximum Gasteiger partial charge on any atom is 0.0515 e. The van der Waals surface area contributed by atoms with Crippen molar-refractivity contribution in [1.29, 1.82) is 0 Å². The Morgan fingerprint density at radius 1 is 1.25 bits per heavy atom. The van der Waals surface area contributed by atoms with Crippen LogP contribution in [-0.2, 0) is 5.41 Å². The molecule has 0 saturated carbocycles. The Bertz CT molecular complexity index is 381. The highest BCUT2D eigenvalue weighted by atomic mass is 79.9. The van der Waals surface area contributed by atoms with E-state index in [-0.39, 0.29) is 5.41 Å². The molecule has 16 heavy (non-hydrogen) atoms. The summed E-state index contributed by atoms with van der Waals surface area (Å²) in [5, 5.41) is 3.36. The van der Waals surface area contributed by atoms with Crippen LogP contribution in [0.3, 0.4) is 0 Å². The van der Waals surface area contributed by atoms with Gasteiger partial charge in [0.2, 0.25) is 0 Å². The third-order valence-electron chi connectivity index (χ3n) is 2.55. The Morgan fingerprint density at radius 2 is 1.88 bits per heavy atom. The fourth-order valence-corrected chi connectivity index (χ4v) is 1.96. The molecule has 0 amide bonds. The molecule has 1 nitrogen and oxygen atoms in total. The van der Waals surface area contributed by atoms with Crippen molar-refractivity contribution < 1.29 is 0 Å². The molecule has 86 valence electrons. The van der Waals surface area contributed by atoms with Gasteiger partial charge in [-0.1, -0.05) is 25.0 Å². The molecule has 1 aromatic rings. The molecule has 0 saturated heterocycles. The minimum atomic E-state index is -0.104. The van der Waals surface area contributed by atoms with Crippen LogP contribution in [0.2, 0.25) is 0 Å². The zero-order valence-electron chi connectivity index (χ0n) is 10.1. The van der Waals surface area contributed by atoms with E-state index in [0.717, 1.165) is 13.0 Å². The number of nitrogens with one attached hydrogen (secondary N) is 1. The Balaban J connectivity index is 2.81. The molecule has 0 spiro atoms. The van der Waals surface area contributed by atoms with Gasteiger partial charge >= 0.3 is 0 Å². The summed E-state index contributed by atoms with van der Waals surface area (Å²) in [5.41, 5.74) is 2.31. The number of benzene rings is 1. The Morgan fingerprint density at radius 3 is 2.38 bits per heavy atom. The highest BCUT2D eigenvalue weighted by Crippen LogP contribution is 2.23. The third kappa shape index (κ3) is 3.57. The molecular weight excluding hydrogens is 262 g/mol. The van der Waals surface area contributed by atoms with Gasteiger partial charge in [0.1, 0.15) is 0 Å². The summed E-state index contributed by atoms with van der Waals surface area (Å²) in [4.78, 5) is 2.80.